The van der Waals surface area contributed by atoms with Crippen molar-refractivity contribution in [1.29, 1.82) is 0 Å². The Labute approximate surface area is 145 Å². The van der Waals surface area contributed by atoms with Crippen LogP contribution in [0.15, 0.2) is 16.6 Å². The van der Waals surface area contributed by atoms with Gasteiger partial charge in [-0.3, -0.25) is 0 Å². The standard InChI is InChI=1S/C14H15BrIN3O2/c1-8-12(16)14(17)19(18-8)7-9-5-10(15)13-11(6-9)20-3-2-4-21-13/h5-6H,2-4,7,17H2,1H3. The molecule has 2 N–H and O–H groups in total. The number of hydrogen-bond acceptors (Lipinski definition) is 4. The molecule has 0 amide bonds. The monoisotopic (exact) mass is 463 g/mol. The number of fused-ring (bicyclic) bond motifs is 1. The number of aromatic nitrogens is 2. The normalized spacial score (nSPS) is 14.0. The molecular formula is C14H15BrIN3O2. The summed E-state index contributed by atoms with van der Waals surface area (Å²) in [4.78, 5) is 0. The first kappa shape index (κ1) is 15.0. The SMILES string of the molecule is Cc1nn(Cc2cc(Br)c3c(c2)OCCCO3)c(N)c1I. The van der Waals surface area contributed by atoms with Crippen LogP contribution in [0.1, 0.15) is 17.7 Å². The number of ether oxygens (including phenoxy) is 2. The lowest BCUT2D eigenvalue weighted by atomic mass is 10.2. The Morgan fingerprint density at radius 2 is 2.14 bits per heavy atom. The molecule has 21 heavy (non-hydrogen) atoms. The Hall–Kier alpha value is -0.960. The van der Waals surface area contributed by atoms with Crippen LogP contribution in [-0.2, 0) is 6.54 Å². The van der Waals surface area contributed by atoms with Crippen molar-refractivity contribution < 1.29 is 9.47 Å². The van der Waals surface area contributed by atoms with Crippen LogP contribution in [0.5, 0.6) is 11.5 Å². The highest BCUT2D eigenvalue weighted by Crippen LogP contribution is 2.38. The van der Waals surface area contributed by atoms with Crippen LogP contribution in [0.3, 0.4) is 0 Å². The fraction of sp³-hybridized carbons (Fsp3) is 0.357. The summed E-state index contributed by atoms with van der Waals surface area (Å²) in [5.74, 6) is 2.24. The van der Waals surface area contributed by atoms with Gasteiger partial charge in [0.1, 0.15) is 5.82 Å². The molecule has 0 saturated heterocycles. The van der Waals surface area contributed by atoms with Gasteiger partial charge in [-0.15, -0.1) is 0 Å². The summed E-state index contributed by atoms with van der Waals surface area (Å²) >= 11 is 5.77. The number of hydrogen-bond donors (Lipinski definition) is 1. The first-order valence-corrected chi connectivity index (χ1v) is 8.50. The third-order valence-corrected chi connectivity index (χ3v) is 5.21. The van der Waals surface area contributed by atoms with E-state index in [1.54, 1.807) is 0 Å². The van der Waals surface area contributed by atoms with Gasteiger partial charge in [-0.05, 0) is 63.1 Å². The lowest BCUT2D eigenvalue weighted by molar-refractivity contribution is 0.296. The summed E-state index contributed by atoms with van der Waals surface area (Å²) < 4.78 is 15.2. The number of rotatable bonds is 2. The molecule has 0 atom stereocenters. The third kappa shape index (κ3) is 2.98. The number of nitrogens with zero attached hydrogens (tertiary/aromatic N) is 2. The molecule has 2 aromatic rings. The first-order chi connectivity index (χ1) is 10.1. The molecule has 7 heteroatoms. The molecule has 0 unspecified atom stereocenters. The zero-order valence-corrected chi connectivity index (χ0v) is 15.3. The topological polar surface area (TPSA) is 62.3 Å². The highest BCUT2D eigenvalue weighted by molar-refractivity contribution is 14.1. The van der Waals surface area contributed by atoms with Crippen LogP contribution in [0.4, 0.5) is 5.82 Å². The zero-order chi connectivity index (χ0) is 15.0. The fourth-order valence-electron chi connectivity index (χ4n) is 2.25. The van der Waals surface area contributed by atoms with E-state index in [1.807, 2.05) is 23.7 Å². The second-order valence-electron chi connectivity index (χ2n) is 4.90. The van der Waals surface area contributed by atoms with Gasteiger partial charge in [-0.2, -0.15) is 5.10 Å². The van der Waals surface area contributed by atoms with E-state index in [1.165, 1.54) is 0 Å². The van der Waals surface area contributed by atoms with E-state index >= 15 is 0 Å². The third-order valence-electron chi connectivity index (χ3n) is 3.29. The zero-order valence-electron chi connectivity index (χ0n) is 11.5. The predicted molar refractivity (Wildman–Crippen MR) is 92.9 cm³/mol. The summed E-state index contributed by atoms with van der Waals surface area (Å²) in [6.07, 6.45) is 0.889. The number of aryl methyl sites for hydroxylation is 1. The van der Waals surface area contributed by atoms with Crippen molar-refractivity contribution in [3.8, 4) is 11.5 Å². The molecule has 1 aliphatic heterocycles. The Bertz CT molecular complexity index is 687. The minimum Gasteiger partial charge on any atom is -0.490 e. The molecule has 112 valence electrons. The van der Waals surface area contributed by atoms with Gasteiger partial charge in [0.15, 0.2) is 11.5 Å². The maximum Gasteiger partial charge on any atom is 0.175 e. The van der Waals surface area contributed by atoms with Crippen LogP contribution < -0.4 is 15.2 Å². The highest BCUT2D eigenvalue weighted by Gasteiger charge is 2.17. The van der Waals surface area contributed by atoms with E-state index in [4.69, 9.17) is 15.2 Å². The molecule has 1 aromatic carbocycles. The maximum atomic E-state index is 6.08. The molecule has 0 fully saturated rings. The molecule has 0 bridgehead atoms. The second-order valence-corrected chi connectivity index (χ2v) is 6.83. The molecule has 0 aliphatic carbocycles. The molecule has 2 heterocycles. The average molecular weight is 464 g/mol. The van der Waals surface area contributed by atoms with E-state index in [0.29, 0.717) is 25.6 Å². The van der Waals surface area contributed by atoms with Crippen LogP contribution >= 0.6 is 38.5 Å². The Kier molecular flexibility index (Phi) is 4.30. The van der Waals surface area contributed by atoms with Gasteiger partial charge in [-0.25, -0.2) is 4.68 Å². The van der Waals surface area contributed by atoms with Crippen molar-refractivity contribution in [3.05, 3.63) is 31.4 Å². The average Bonchev–Trinajstić information content (AvgIpc) is 2.65. The Morgan fingerprint density at radius 3 is 2.86 bits per heavy atom. The number of nitrogens with two attached hydrogens (primary N) is 1. The summed E-state index contributed by atoms with van der Waals surface area (Å²) in [5, 5.41) is 4.46. The lowest BCUT2D eigenvalue weighted by Crippen LogP contribution is -2.07. The minimum absolute atomic E-state index is 0.602. The minimum atomic E-state index is 0.602. The number of halogens is 2. The maximum absolute atomic E-state index is 6.08. The highest BCUT2D eigenvalue weighted by atomic mass is 127. The van der Waals surface area contributed by atoms with Crippen LogP contribution in [0.2, 0.25) is 0 Å². The van der Waals surface area contributed by atoms with Gasteiger partial charge in [0.2, 0.25) is 0 Å². The van der Waals surface area contributed by atoms with Crippen LogP contribution in [0, 0.1) is 10.5 Å². The quantitative estimate of drug-likeness (QED) is 0.694. The number of anilines is 1. The molecule has 0 radical (unpaired) electrons. The first-order valence-electron chi connectivity index (χ1n) is 6.62. The van der Waals surface area contributed by atoms with Crippen molar-refractivity contribution in [1.82, 2.24) is 9.78 Å². The van der Waals surface area contributed by atoms with Crippen molar-refractivity contribution in [3.63, 3.8) is 0 Å². The fourth-order valence-corrected chi connectivity index (χ4v) is 3.24. The van der Waals surface area contributed by atoms with Gasteiger partial charge >= 0.3 is 0 Å². The van der Waals surface area contributed by atoms with Gasteiger partial charge in [0.05, 0.1) is 33.5 Å². The summed E-state index contributed by atoms with van der Waals surface area (Å²) in [7, 11) is 0. The van der Waals surface area contributed by atoms with Gasteiger partial charge < -0.3 is 15.2 Å². The van der Waals surface area contributed by atoms with E-state index in [-0.39, 0.29) is 0 Å². The molecule has 5 nitrogen and oxygen atoms in total. The molecule has 1 aromatic heterocycles. The van der Waals surface area contributed by atoms with Crippen LogP contribution in [-0.4, -0.2) is 23.0 Å². The molecule has 0 saturated carbocycles. The second kappa shape index (κ2) is 6.04. The van der Waals surface area contributed by atoms with E-state index in [2.05, 4.69) is 43.6 Å². The molecule has 1 aliphatic rings. The summed E-state index contributed by atoms with van der Waals surface area (Å²) in [6.45, 7) is 3.90. The molecule has 3 rings (SSSR count). The largest absolute Gasteiger partial charge is 0.490 e. The molecular weight excluding hydrogens is 449 g/mol. The van der Waals surface area contributed by atoms with Crippen molar-refractivity contribution in [2.75, 3.05) is 18.9 Å². The van der Waals surface area contributed by atoms with Gasteiger partial charge in [0, 0.05) is 6.42 Å². The Balaban J connectivity index is 1.94. The summed E-state index contributed by atoms with van der Waals surface area (Å²) in [6, 6.07) is 4.02. The molecule has 0 spiro atoms. The Morgan fingerprint density at radius 1 is 1.38 bits per heavy atom. The predicted octanol–water partition coefficient (Wildman–Crippen LogP) is 3.35. The van der Waals surface area contributed by atoms with Gasteiger partial charge in [-0.1, -0.05) is 0 Å². The van der Waals surface area contributed by atoms with Crippen molar-refractivity contribution in [2.24, 2.45) is 0 Å². The number of benzene rings is 1. The van der Waals surface area contributed by atoms with E-state index in [9.17, 15) is 0 Å². The smallest absolute Gasteiger partial charge is 0.175 e. The number of nitrogen functional groups attached to an aromatic ring is 1. The van der Waals surface area contributed by atoms with Crippen LogP contribution in [0.25, 0.3) is 0 Å². The van der Waals surface area contributed by atoms with Crippen molar-refractivity contribution in [2.45, 2.75) is 19.9 Å². The van der Waals surface area contributed by atoms with E-state index in [0.717, 1.165) is 37.2 Å². The van der Waals surface area contributed by atoms with Crippen molar-refractivity contribution >= 4 is 44.3 Å². The van der Waals surface area contributed by atoms with E-state index < -0.39 is 0 Å². The lowest BCUT2D eigenvalue weighted by Gasteiger charge is -2.12. The van der Waals surface area contributed by atoms with Gasteiger partial charge in [0.25, 0.3) is 0 Å². The summed E-state index contributed by atoms with van der Waals surface area (Å²) in [5.41, 5.74) is 8.09.